The van der Waals surface area contributed by atoms with Gasteiger partial charge in [-0.15, -0.1) is 0 Å². The molecule has 0 saturated carbocycles. The fraction of sp³-hybridized carbons (Fsp3) is 0.765. The predicted octanol–water partition coefficient (Wildman–Crippen LogP) is 3.76. The summed E-state index contributed by atoms with van der Waals surface area (Å²) in [5.74, 6) is 0. The normalized spacial score (nSPS) is 12.2. The summed E-state index contributed by atoms with van der Waals surface area (Å²) >= 11 is 0. The van der Waals surface area contributed by atoms with Crippen LogP contribution in [0.15, 0.2) is 11.1 Å². The first-order valence-electron chi connectivity index (χ1n) is 8.58. The number of ether oxygens (including phenoxy) is 1. The molecule has 0 fully saturated rings. The van der Waals surface area contributed by atoms with E-state index in [0.717, 1.165) is 24.2 Å². The largest absolute Gasteiger partial charge is 0.444 e. The number of nitrogens with zero attached hydrogens (tertiary/aromatic N) is 1. The Morgan fingerprint density at radius 2 is 1.96 bits per heavy atom. The van der Waals surface area contributed by atoms with E-state index in [9.17, 15) is 14.7 Å². The van der Waals surface area contributed by atoms with E-state index < -0.39 is 11.7 Å². The van der Waals surface area contributed by atoms with Crippen molar-refractivity contribution in [3.8, 4) is 0 Å². The van der Waals surface area contributed by atoms with Crippen LogP contribution in [0.2, 0.25) is 0 Å². The first-order valence-corrected chi connectivity index (χ1v) is 10.8. The lowest BCUT2D eigenvalue weighted by Crippen LogP contribution is -2.36. The van der Waals surface area contributed by atoms with Crippen molar-refractivity contribution in [3.05, 3.63) is 11.1 Å². The third-order valence-electron chi connectivity index (χ3n) is 3.04. The SMILES string of the molecule is CCC(CC)SSC(=CN(C=O)CCNC(=O)OC(C)(C)C)CCO. The standard InChI is InChI=1S/C17H32N2O4S2/c1-6-14(7-2)24-25-15(8-11-20)12-19(13-21)10-9-18-16(22)23-17(3,4)5/h12-14,20H,6-11H2,1-5H3,(H,18,22). The highest BCUT2D eigenvalue weighted by atomic mass is 33.1. The van der Waals surface area contributed by atoms with Crippen LogP contribution in [0, 0.1) is 0 Å². The van der Waals surface area contributed by atoms with E-state index in [1.165, 1.54) is 4.90 Å². The number of carbonyl (C=O) groups excluding carboxylic acids is 2. The quantitative estimate of drug-likeness (QED) is 0.389. The Morgan fingerprint density at radius 3 is 2.44 bits per heavy atom. The number of aliphatic hydroxyl groups excluding tert-OH is 1. The molecule has 0 bridgehead atoms. The van der Waals surface area contributed by atoms with Crippen LogP contribution in [-0.2, 0) is 9.53 Å². The number of hydrogen-bond acceptors (Lipinski definition) is 6. The smallest absolute Gasteiger partial charge is 0.407 e. The van der Waals surface area contributed by atoms with Gasteiger partial charge in [0.05, 0.1) is 0 Å². The summed E-state index contributed by atoms with van der Waals surface area (Å²) in [6, 6.07) is 0. The zero-order chi connectivity index (χ0) is 19.3. The fourth-order valence-electron chi connectivity index (χ4n) is 1.73. The highest BCUT2D eigenvalue weighted by molar-refractivity contribution is 8.78. The Hall–Kier alpha value is -0.860. The third kappa shape index (κ3) is 13.1. The molecule has 0 aromatic heterocycles. The molecule has 0 aromatic carbocycles. The third-order valence-corrected chi connectivity index (χ3v) is 6.35. The molecular formula is C17H32N2O4S2. The van der Waals surface area contributed by atoms with Crippen molar-refractivity contribution in [3.63, 3.8) is 0 Å². The minimum Gasteiger partial charge on any atom is -0.444 e. The summed E-state index contributed by atoms with van der Waals surface area (Å²) in [6.45, 7) is 10.4. The molecule has 0 aliphatic heterocycles. The van der Waals surface area contributed by atoms with Crippen LogP contribution in [0.25, 0.3) is 0 Å². The molecule has 8 heteroatoms. The van der Waals surface area contributed by atoms with Crippen molar-refractivity contribution in [2.75, 3.05) is 19.7 Å². The van der Waals surface area contributed by atoms with Crippen LogP contribution in [-0.4, -0.2) is 53.1 Å². The van der Waals surface area contributed by atoms with E-state index in [1.807, 2.05) is 0 Å². The second-order valence-electron chi connectivity index (χ2n) is 6.46. The molecule has 2 amide bonds. The van der Waals surface area contributed by atoms with Crippen molar-refractivity contribution < 1.29 is 19.4 Å². The van der Waals surface area contributed by atoms with Crippen LogP contribution in [0.4, 0.5) is 4.79 Å². The molecule has 0 unspecified atom stereocenters. The first-order chi connectivity index (χ1) is 11.8. The Morgan fingerprint density at radius 1 is 1.32 bits per heavy atom. The molecular weight excluding hydrogens is 360 g/mol. The van der Waals surface area contributed by atoms with Gasteiger partial charge >= 0.3 is 6.09 Å². The summed E-state index contributed by atoms with van der Waals surface area (Å²) in [5.41, 5.74) is -0.550. The molecule has 0 aliphatic carbocycles. The van der Waals surface area contributed by atoms with Crippen molar-refractivity contribution in [2.45, 2.75) is 64.7 Å². The molecule has 2 N–H and O–H groups in total. The van der Waals surface area contributed by atoms with Crippen molar-refractivity contribution in [2.24, 2.45) is 0 Å². The number of hydrogen-bond donors (Lipinski definition) is 2. The van der Waals surface area contributed by atoms with Gasteiger partial charge in [-0.3, -0.25) is 4.79 Å². The number of carbonyl (C=O) groups is 2. The van der Waals surface area contributed by atoms with Crippen LogP contribution in [0.3, 0.4) is 0 Å². The maximum atomic E-state index is 11.6. The minimum atomic E-state index is -0.550. The van der Waals surface area contributed by atoms with E-state index >= 15 is 0 Å². The molecule has 0 rings (SSSR count). The molecule has 146 valence electrons. The summed E-state index contributed by atoms with van der Waals surface area (Å²) in [4.78, 5) is 25.3. The van der Waals surface area contributed by atoms with Gasteiger partial charge in [0.1, 0.15) is 5.60 Å². The van der Waals surface area contributed by atoms with Crippen LogP contribution < -0.4 is 5.32 Å². The summed E-state index contributed by atoms with van der Waals surface area (Å²) in [7, 11) is 3.36. The monoisotopic (exact) mass is 392 g/mol. The number of rotatable bonds is 12. The maximum absolute atomic E-state index is 11.6. The Kier molecular flexibility index (Phi) is 12.9. The van der Waals surface area contributed by atoms with E-state index in [0.29, 0.717) is 24.8 Å². The zero-order valence-corrected chi connectivity index (χ0v) is 17.5. The fourth-order valence-corrected chi connectivity index (χ4v) is 4.59. The van der Waals surface area contributed by atoms with Crippen LogP contribution in [0.1, 0.15) is 53.9 Å². The van der Waals surface area contributed by atoms with E-state index in [2.05, 4.69) is 19.2 Å². The molecule has 0 atom stereocenters. The number of nitrogens with one attached hydrogen (secondary N) is 1. The van der Waals surface area contributed by atoms with Crippen molar-refractivity contribution in [1.29, 1.82) is 0 Å². The first kappa shape index (κ1) is 24.1. The molecule has 0 spiro atoms. The van der Waals surface area contributed by atoms with Gasteiger partial charge < -0.3 is 20.1 Å². The van der Waals surface area contributed by atoms with Crippen LogP contribution >= 0.6 is 21.6 Å². The van der Waals surface area contributed by atoms with Crippen LogP contribution in [0.5, 0.6) is 0 Å². The second-order valence-corrected chi connectivity index (χ2v) is 9.09. The van der Waals surface area contributed by atoms with Crippen molar-refractivity contribution >= 4 is 34.1 Å². The Balaban J connectivity index is 4.52. The minimum absolute atomic E-state index is 0.0329. The molecule has 0 heterocycles. The predicted molar refractivity (Wildman–Crippen MR) is 106 cm³/mol. The number of aliphatic hydroxyl groups is 1. The summed E-state index contributed by atoms with van der Waals surface area (Å²) in [5, 5.41) is 12.4. The van der Waals surface area contributed by atoms with Gasteiger partial charge in [-0.1, -0.05) is 35.4 Å². The van der Waals surface area contributed by atoms with E-state index in [4.69, 9.17) is 4.74 Å². The lowest BCUT2D eigenvalue weighted by molar-refractivity contribution is -0.115. The Labute approximate surface area is 159 Å². The lowest BCUT2D eigenvalue weighted by atomic mass is 10.2. The highest BCUT2D eigenvalue weighted by Gasteiger charge is 2.15. The summed E-state index contributed by atoms with van der Waals surface area (Å²) < 4.78 is 5.15. The molecule has 0 aromatic rings. The molecule has 0 aliphatic rings. The molecule has 25 heavy (non-hydrogen) atoms. The average Bonchev–Trinajstić information content (AvgIpc) is 2.53. The summed E-state index contributed by atoms with van der Waals surface area (Å²) in [6.07, 6.45) is 4.62. The van der Waals surface area contributed by atoms with E-state index in [-0.39, 0.29) is 6.61 Å². The van der Waals surface area contributed by atoms with Gasteiger partial charge in [-0.2, -0.15) is 0 Å². The van der Waals surface area contributed by atoms with Gasteiger partial charge in [0.25, 0.3) is 0 Å². The van der Waals surface area contributed by atoms with E-state index in [1.54, 1.807) is 48.6 Å². The molecule has 0 saturated heterocycles. The lowest BCUT2D eigenvalue weighted by Gasteiger charge is -2.20. The second kappa shape index (κ2) is 13.4. The topological polar surface area (TPSA) is 78.9 Å². The highest BCUT2D eigenvalue weighted by Crippen LogP contribution is 2.37. The molecule has 6 nitrogen and oxygen atoms in total. The molecule has 0 radical (unpaired) electrons. The van der Waals surface area contributed by atoms with Gasteiger partial charge in [-0.25, -0.2) is 4.79 Å². The number of alkyl carbamates (subject to hydrolysis) is 1. The maximum Gasteiger partial charge on any atom is 0.407 e. The van der Waals surface area contributed by atoms with Gasteiger partial charge in [0.15, 0.2) is 0 Å². The zero-order valence-electron chi connectivity index (χ0n) is 15.9. The Bertz CT molecular complexity index is 421. The number of amides is 2. The average molecular weight is 393 g/mol. The van der Waals surface area contributed by atoms with Gasteiger partial charge in [-0.05, 0) is 33.6 Å². The van der Waals surface area contributed by atoms with Gasteiger partial charge in [0.2, 0.25) is 6.41 Å². The van der Waals surface area contributed by atoms with Crippen molar-refractivity contribution in [1.82, 2.24) is 10.2 Å². The van der Waals surface area contributed by atoms with Gasteiger partial charge in [0, 0.05) is 42.5 Å².